The third-order valence-electron chi connectivity index (χ3n) is 4.77. The zero-order valence-electron chi connectivity index (χ0n) is 12.0. The molecule has 1 aliphatic carbocycles. The van der Waals surface area contributed by atoms with Crippen LogP contribution < -0.4 is 5.32 Å². The van der Waals surface area contributed by atoms with Gasteiger partial charge in [-0.15, -0.1) is 0 Å². The summed E-state index contributed by atoms with van der Waals surface area (Å²) in [6.07, 6.45) is 5.00. The van der Waals surface area contributed by atoms with Crippen molar-refractivity contribution in [1.82, 2.24) is 10.2 Å². The molecule has 1 unspecified atom stereocenters. The Kier molecular flexibility index (Phi) is 3.78. The van der Waals surface area contributed by atoms with Crippen molar-refractivity contribution in [2.45, 2.75) is 50.7 Å². The lowest BCUT2D eigenvalue weighted by Crippen LogP contribution is -2.62. The SMILES string of the molecule is CC1CNC2(CCCC2)CN1Cc1cc(F)cc(F)c1. The molecule has 1 N–H and O–H groups in total. The predicted octanol–water partition coefficient (Wildman–Crippen LogP) is 3.07. The molecule has 1 heterocycles. The first-order chi connectivity index (χ1) is 9.56. The third kappa shape index (κ3) is 2.86. The van der Waals surface area contributed by atoms with Crippen molar-refractivity contribution in [3.63, 3.8) is 0 Å². The highest BCUT2D eigenvalue weighted by Gasteiger charge is 2.39. The molecule has 1 spiro atoms. The third-order valence-corrected chi connectivity index (χ3v) is 4.77. The standard InChI is InChI=1S/C16H22F2N2/c1-12-9-19-16(4-2-3-5-16)11-20(12)10-13-6-14(17)8-15(18)7-13/h6-8,12,19H,2-5,9-11H2,1H3. The van der Waals surface area contributed by atoms with Gasteiger partial charge in [0.05, 0.1) is 0 Å². The lowest BCUT2D eigenvalue weighted by atomic mass is 9.92. The van der Waals surface area contributed by atoms with Crippen LogP contribution >= 0.6 is 0 Å². The Bertz CT molecular complexity index is 463. The van der Waals surface area contributed by atoms with Crippen LogP contribution in [-0.2, 0) is 6.54 Å². The summed E-state index contributed by atoms with van der Waals surface area (Å²) in [6, 6.07) is 4.22. The predicted molar refractivity (Wildman–Crippen MR) is 75.4 cm³/mol. The molecular formula is C16H22F2N2. The highest BCUT2D eigenvalue weighted by molar-refractivity contribution is 5.18. The Balaban J connectivity index is 1.74. The molecule has 110 valence electrons. The van der Waals surface area contributed by atoms with Gasteiger partial charge in [0.15, 0.2) is 0 Å². The number of hydrogen-bond acceptors (Lipinski definition) is 2. The molecule has 20 heavy (non-hydrogen) atoms. The fourth-order valence-electron chi connectivity index (χ4n) is 3.63. The van der Waals surface area contributed by atoms with Crippen LogP contribution in [0, 0.1) is 11.6 Å². The van der Waals surface area contributed by atoms with E-state index in [-0.39, 0.29) is 5.54 Å². The van der Waals surface area contributed by atoms with E-state index in [0.717, 1.165) is 24.7 Å². The summed E-state index contributed by atoms with van der Waals surface area (Å²) in [6.45, 7) is 4.73. The van der Waals surface area contributed by atoms with Gasteiger partial charge in [-0.05, 0) is 37.5 Å². The van der Waals surface area contributed by atoms with Crippen LogP contribution in [0.15, 0.2) is 18.2 Å². The number of nitrogens with zero attached hydrogens (tertiary/aromatic N) is 1. The molecule has 1 aliphatic heterocycles. The maximum atomic E-state index is 13.3. The maximum Gasteiger partial charge on any atom is 0.126 e. The Labute approximate surface area is 119 Å². The molecule has 0 radical (unpaired) electrons. The molecule has 1 atom stereocenters. The molecule has 4 heteroatoms. The van der Waals surface area contributed by atoms with Gasteiger partial charge in [-0.3, -0.25) is 4.90 Å². The van der Waals surface area contributed by atoms with E-state index in [2.05, 4.69) is 17.1 Å². The van der Waals surface area contributed by atoms with Crippen molar-refractivity contribution in [3.05, 3.63) is 35.4 Å². The van der Waals surface area contributed by atoms with Gasteiger partial charge in [0.25, 0.3) is 0 Å². The van der Waals surface area contributed by atoms with Gasteiger partial charge in [-0.2, -0.15) is 0 Å². The average molecular weight is 280 g/mol. The van der Waals surface area contributed by atoms with Gasteiger partial charge in [-0.1, -0.05) is 12.8 Å². The summed E-state index contributed by atoms with van der Waals surface area (Å²) in [5, 5.41) is 3.69. The van der Waals surface area contributed by atoms with Gasteiger partial charge in [0.2, 0.25) is 0 Å². The van der Waals surface area contributed by atoms with Crippen LogP contribution in [-0.4, -0.2) is 29.6 Å². The lowest BCUT2D eigenvalue weighted by Gasteiger charge is -2.45. The highest BCUT2D eigenvalue weighted by atomic mass is 19.1. The van der Waals surface area contributed by atoms with Crippen LogP contribution in [0.2, 0.25) is 0 Å². The average Bonchev–Trinajstić information content (AvgIpc) is 2.81. The number of nitrogens with one attached hydrogen (secondary N) is 1. The Morgan fingerprint density at radius 3 is 2.50 bits per heavy atom. The Morgan fingerprint density at radius 1 is 1.20 bits per heavy atom. The summed E-state index contributed by atoms with van der Waals surface area (Å²) in [5.74, 6) is -0.975. The largest absolute Gasteiger partial charge is 0.308 e. The van der Waals surface area contributed by atoms with E-state index in [4.69, 9.17) is 0 Å². The molecule has 1 aromatic rings. The number of piperazine rings is 1. The zero-order valence-corrected chi connectivity index (χ0v) is 12.0. The second-order valence-electron chi connectivity index (χ2n) is 6.40. The molecule has 1 saturated carbocycles. The minimum absolute atomic E-state index is 0.235. The maximum absolute atomic E-state index is 13.3. The Morgan fingerprint density at radius 2 is 1.85 bits per heavy atom. The normalized spacial score (nSPS) is 26.2. The molecule has 0 aromatic heterocycles. The number of halogens is 2. The molecule has 1 saturated heterocycles. The zero-order chi connectivity index (χ0) is 14.2. The minimum Gasteiger partial charge on any atom is -0.308 e. The first-order valence-corrected chi connectivity index (χ1v) is 7.50. The topological polar surface area (TPSA) is 15.3 Å². The van der Waals surface area contributed by atoms with E-state index >= 15 is 0 Å². The van der Waals surface area contributed by atoms with Crippen molar-refractivity contribution in [3.8, 4) is 0 Å². The van der Waals surface area contributed by atoms with Crippen LogP contribution in [0.3, 0.4) is 0 Å². The second kappa shape index (κ2) is 5.41. The lowest BCUT2D eigenvalue weighted by molar-refractivity contribution is 0.0825. The molecular weight excluding hydrogens is 258 g/mol. The van der Waals surface area contributed by atoms with E-state index in [9.17, 15) is 8.78 Å². The van der Waals surface area contributed by atoms with Crippen molar-refractivity contribution in [2.75, 3.05) is 13.1 Å². The second-order valence-corrected chi connectivity index (χ2v) is 6.40. The van der Waals surface area contributed by atoms with E-state index < -0.39 is 11.6 Å². The highest BCUT2D eigenvalue weighted by Crippen LogP contribution is 2.33. The van der Waals surface area contributed by atoms with Crippen LogP contribution in [0.4, 0.5) is 8.78 Å². The molecule has 2 fully saturated rings. The monoisotopic (exact) mass is 280 g/mol. The number of benzene rings is 1. The van der Waals surface area contributed by atoms with Crippen molar-refractivity contribution in [2.24, 2.45) is 0 Å². The summed E-state index contributed by atoms with van der Waals surface area (Å²) < 4.78 is 26.6. The van der Waals surface area contributed by atoms with E-state index in [1.807, 2.05) is 0 Å². The number of rotatable bonds is 2. The van der Waals surface area contributed by atoms with Gasteiger partial charge in [0, 0.05) is 37.3 Å². The first kappa shape index (κ1) is 14.0. The molecule has 3 rings (SSSR count). The van der Waals surface area contributed by atoms with Gasteiger partial charge in [-0.25, -0.2) is 8.78 Å². The molecule has 2 aliphatic rings. The van der Waals surface area contributed by atoms with Crippen molar-refractivity contribution in [1.29, 1.82) is 0 Å². The summed E-state index contributed by atoms with van der Waals surface area (Å²) >= 11 is 0. The molecule has 1 aromatic carbocycles. The van der Waals surface area contributed by atoms with Crippen molar-refractivity contribution < 1.29 is 8.78 Å². The molecule has 0 bridgehead atoms. The number of hydrogen-bond donors (Lipinski definition) is 1. The van der Waals surface area contributed by atoms with Crippen LogP contribution in [0.5, 0.6) is 0 Å². The summed E-state index contributed by atoms with van der Waals surface area (Å²) in [7, 11) is 0. The fourth-order valence-corrected chi connectivity index (χ4v) is 3.63. The first-order valence-electron chi connectivity index (χ1n) is 7.50. The van der Waals surface area contributed by atoms with Crippen LogP contribution in [0.1, 0.15) is 38.2 Å². The summed E-state index contributed by atoms with van der Waals surface area (Å²) in [4.78, 5) is 2.36. The quantitative estimate of drug-likeness (QED) is 0.895. The summed E-state index contributed by atoms with van der Waals surface area (Å²) in [5.41, 5.74) is 0.961. The Hall–Kier alpha value is -1.00. The van der Waals surface area contributed by atoms with Gasteiger partial charge < -0.3 is 5.32 Å². The minimum atomic E-state index is -0.488. The fraction of sp³-hybridized carbons (Fsp3) is 0.625. The van der Waals surface area contributed by atoms with E-state index in [1.54, 1.807) is 0 Å². The van der Waals surface area contributed by atoms with E-state index in [1.165, 1.54) is 37.8 Å². The van der Waals surface area contributed by atoms with Gasteiger partial charge in [0.1, 0.15) is 11.6 Å². The van der Waals surface area contributed by atoms with Gasteiger partial charge >= 0.3 is 0 Å². The van der Waals surface area contributed by atoms with E-state index in [0.29, 0.717) is 12.6 Å². The van der Waals surface area contributed by atoms with Crippen molar-refractivity contribution >= 4 is 0 Å². The smallest absolute Gasteiger partial charge is 0.126 e. The van der Waals surface area contributed by atoms with Crippen LogP contribution in [0.25, 0.3) is 0 Å². The molecule has 2 nitrogen and oxygen atoms in total. The molecule has 0 amide bonds.